The Kier molecular flexibility index (Phi) is 4.17. The molecule has 5 nitrogen and oxygen atoms in total. The van der Waals surface area contributed by atoms with E-state index in [0.717, 1.165) is 0 Å². The van der Waals surface area contributed by atoms with Crippen molar-refractivity contribution in [2.24, 2.45) is 5.41 Å². The Morgan fingerprint density at radius 1 is 1.47 bits per heavy atom. The Hall–Kier alpha value is -1.49. The summed E-state index contributed by atoms with van der Waals surface area (Å²) in [6.07, 6.45) is 0.167. The largest absolute Gasteiger partial charge is 0.475 e. The molecule has 5 heteroatoms. The van der Waals surface area contributed by atoms with Gasteiger partial charge in [-0.05, 0) is 17.9 Å². The molecule has 0 aromatic carbocycles. The van der Waals surface area contributed by atoms with Crippen LogP contribution in [0.1, 0.15) is 37.7 Å². The molecule has 1 unspecified atom stereocenters. The van der Waals surface area contributed by atoms with E-state index in [4.69, 9.17) is 9.52 Å². The summed E-state index contributed by atoms with van der Waals surface area (Å²) in [6.45, 7) is 6.48. The summed E-state index contributed by atoms with van der Waals surface area (Å²) in [4.78, 5) is 10.6. The van der Waals surface area contributed by atoms with Crippen molar-refractivity contribution in [3.63, 3.8) is 0 Å². The van der Waals surface area contributed by atoms with Crippen LogP contribution in [0.15, 0.2) is 16.5 Å². The third-order valence-corrected chi connectivity index (χ3v) is 2.18. The van der Waals surface area contributed by atoms with Crippen LogP contribution in [0.2, 0.25) is 0 Å². The molecule has 0 fully saturated rings. The Morgan fingerprint density at radius 2 is 2.12 bits per heavy atom. The van der Waals surface area contributed by atoms with Crippen LogP contribution in [-0.2, 0) is 0 Å². The smallest absolute Gasteiger partial charge is 0.371 e. The monoisotopic (exact) mass is 241 g/mol. The number of aliphatic hydroxyl groups excluding tert-OH is 1. The number of nitrogens with one attached hydrogen (secondary N) is 1. The lowest BCUT2D eigenvalue weighted by molar-refractivity contribution is 0.0663. The first-order valence-corrected chi connectivity index (χ1v) is 5.53. The number of anilines is 1. The maximum absolute atomic E-state index is 10.6. The average Bonchev–Trinajstić information content (AvgIpc) is 2.60. The van der Waals surface area contributed by atoms with Gasteiger partial charge >= 0.3 is 5.97 Å². The summed E-state index contributed by atoms with van der Waals surface area (Å²) >= 11 is 0. The van der Waals surface area contributed by atoms with Crippen LogP contribution in [0.3, 0.4) is 0 Å². The zero-order chi connectivity index (χ0) is 13.1. The summed E-state index contributed by atoms with van der Waals surface area (Å²) in [5, 5.41) is 21.3. The van der Waals surface area contributed by atoms with Gasteiger partial charge in [-0.3, -0.25) is 0 Å². The zero-order valence-electron chi connectivity index (χ0n) is 10.4. The molecule has 17 heavy (non-hydrogen) atoms. The van der Waals surface area contributed by atoms with Crippen molar-refractivity contribution in [2.45, 2.75) is 33.3 Å². The van der Waals surface area contributed by atoms with E-state index in [0.29, 0.717) is 18.8 Å². The van der Waals surface area contributed by atoms with Crippen LogP contribution in [0, 0.1) is 5.41 Å². The van der Waals surface area contributed by atoms with Crippen molar-refractivity contribution >= 4 is 11.9 Å². The second-order valence-electron chi connectivity index (χ2n) is 5.27. The normalized spacial score (nSPS) is 13.4. The number of aromatic carboxylic acids is 1. The number of furan rings is 1. The van der Waals surface area contributed by atoms with Crippen molar-refractivity contribution in [1.29, 1.82) is 0 Å². The Bertz CT molecular complexity index is 378. The van der Waals surface area contributed by atoms with Gasteiger partial charge in [0.2, 0.25) is 5.76 Å². The van der Waals surface area contributed by atoms with Gasteiger partial charge in [0.25, 0.3) is 0 Å². The standard InChI is InChI=1S/C12H19NO4/c1-12(2,3)6-8(14)7-13-10-5-4-9(17-10)11(15)16/h4-5,8,13-14H,6-7H2,1-3H3,(H,15,16). The van der Waals surface area contributed by atoms with Gasteiger partial charge in [-0.2, -0.15) is 0 Å². The van der Waals surface area contributed by atoms with Gasteiger partial charge in [-0.15, -0.1) is 0 Å². The van der Waals surface area contributed by atoms with Crippen LogP contribution in [0.5, 0.6) is 0 Å². The molecular weight excluding hydrogens is 222 g/mol. The van der Waals surface area contributed by atoms with Gasteiger partial charge in [0.1, 0.15) is 0 Å². The molecule has 1 atom stereocenters. The Labute approximate surface area is 100 Å². The molecule has 1 heterocycles. The van der Waals surface area contributed by atoms with E-state index < -0.39 is 12.1 Å². The van der Waals surface area contributed by atoms with E-state index >= 15 is 0 Å². The van der Waals surface area contributed by atoms with E-state index in [-0.39, 0.29) is 11.2 Å². The molecular formula is C12H19NO4. The SMILES string of the molecule is CC(C)(C)CC(O)CNc1ccc(C(=O)O)o1. The van der Waals surface area contributed by atoms with Crippen LogP contribution >= 0.6 is 0 Å². The first kappa shape index (κ1) is 13.6. The lowest BCUT2D eigenvalue weighted by Gasteiger charge is -2.22. The minimum atomic E-state index is -1.10. The van der Waals surface area contributed by atoms with Crippen LogP contribution < -0.4 is 5.32 Å². The van der Waals surface area contributed by atoms with E-state index in [1.807, 2.05) is 20.8 Å². The minimum Gasteiger partial charge on any atom is -0.475 e. The highest BCUT2D eigenvalue weighted by Gasteiger charge is 2.17. The fraction of sp³-hybridized carbons (Fsp3) is 0.583. The van der Waals surface area contributed by atoms with Crippen molar-refractivity contribution in [1.82, 2.24) is 0 Å². The van der Waals surface area contributed by atoms with E-state index in [1.54, 1.807) is 0 Å². The van der Waals surface area contributed by atoms with Gasteiger partial charge in [0.05, 0.1) is 6.10 Å². The number of carbonyl (C=O) groups is 1. The minimum absolute atomic E-state index is 0.0521. The zero-order valence-corrected chi connectivity index (χ0v) is 10.4. The maximum Gasteiger partial charge on any atom is 0.371 e. The summed E-state index contributed by atoms with van der Waals surface area (Å²) in [7, 11) is 0. The molecule has 0 saturated carbocycles. The summed E-state index contributed by atoms with van der Waals surface area (Å²) in [5.41, 5.74) is 0.0521. The molecule has 0 spiro atoms. The number of rotatable bonds is 5. The predicted molar refractivity (Wildman–Crippen MR) is 64.2 cm³/mol. The number of aliphatic hydroxyl groups is 1. The number of carboxylic acids is 1. The summed E-state index contributed by atoms with van der Waals surface area (Å²) in [5.74, 6) is -0.860. The fourth-order valence-electron chi connectivity index (χ4n) is 1.55. The third-order valence-electron chi connectivity index (χ3n) is 2.18. The van der Waals surface area contributed by atoms with Crippen molar-refractivity contribution < 1.29 is 19.4 Å². The molecule has 1 rings (SSSR count). The van der Waals surface area contributed by atoms with Crippen molar-refractivity contribution in [3.8, 4) is 0 Å². The van der Waals surface area contributed by atoms with Gasteiger partial charge in [-0.1, -0.05) is 20.8 Å². The summed E-state index contributed by atoms with van der Waals surface area (Å²) in [6, 6.07) is 2.91. The molecule has 96 valence electrons. The molecule has 0 bridgehead atoms. The lowest BCUT2D eigenvalue weighted by Crippen LogP contribution is -2.24. The third kappa shape index (κ3) is 4.91. The average molecular weight is 241 g/mol. The number of carboxylic acid groups (broad SMARTS) is 1. The van der Waals surface area contributed by atoms with Crippen molar-refractivity contribution in [3.05, 3.63) is 17.9 Å². The fourth-order valence-corrected chi connectivity index (χ4v) is 1.55. The molecule has 0 saturated heterocycles. The summed E-state index contributed by atoms with van der Waals surface area (Å²) < 4.78 is 5.00. The predicted octanol–water partition coefficient (Wildman–Crippen LogP) is 2.19. The van der Waals surface area contributed by atoms with E-state index in [9.17, 15) is 9.90 Å². The van der Waals surface area contributed by atoms with Crippen LogP contribution in [0.25, 0.3) is 0 Å². The molecule has 1 aromatic heterocycles. The first-order chi connectivity index (χ1) is 7.78. The van der Waals surface area contributed by atoms with Crippen LogP contribution in [-0.4, -0.2) is 28.8 Å². The van der Waals surface area contributed by atoms with E-state index in [1.165, 1.54) is 12.1 Å². The molecule has 0 aliphatic carbocycles. The van der Waals surface area contributed by atoms with E-state index in [2.05, 4.69) is 5.32 Å². The highest BCUT2D eigenvalue weighted by atomic mass is 16.4. The number of hydrogen-bond acceptors (Lipinski definition) is 4. The maximum atomic E-state index is 10.6. The lowest BCUT2D eigenvalue weighted by atomic mass is 9.89. The molecule has 1 aromatic rings. The number of hydrogen-bond donors (Lipinski definition) is 3. The molecule has 0 aliphatic rings. The molecule has 3 N–H and O–H groups in total. The van der Waals surface area contributed by atoms with Crippen LogP contribution in [0.4, 0.5) is 5.88 Å². The first-order valence-electron chi connectivity index (χ1n) is 5.53. The van der Waals surface area contributed by atoms with Gasteiger partial charge < -0.3 is 19.9 Å². The molecule has 0 amide bonds. The molecule has 0 aliphatic heterocycles. The second kappa shape index (κ2) is 5.23. The second-order valence-corrected chi connectivity index (χ2v) is 5.27. The highest BCUT2D eigenvalue weighted by molar-refractivity contribution is 5.84. The van der Waals surface area contributed by atoms with Gasteiger partial charge in [-0.25, -0.2) is 4.79 Å². The Balaban J connectivity index is 2.42. The highest BCUT2D eigenvalue weighted by Crippen LogP contribution is 2.21. The quantitative estimate of drug-likeness (QED) is 0.736. The van der Waals surface area contributed by atoms with Gasteiger partial charge in [0.15, 0.2) is 5.88 Å². The van der Waals surface area contributed by atoms with Gasteiger partial charge in [0, 0.05) is 12.6 Å². The molecule has 0 radical (unpaired) electrons. The Morgan fingerprint density at radius 3 is 2.59 bits per heavy atom. The van der Waals surface area contributed by atoms with Crippen molar-refractivity contribution in [2.75, 3.05) is 11.9 Å². The topological polar surface area (TPSA) is 82.7 Å².